The summed E-state index contributed by atoms with van der Waals surface area (Å²) in [5.74, 6) is 3.08. The van der Waals surface area contributed by atoms with E-state index in [4.69, 9.17) is 30.5 Å². The van der Waals surface area contributed by atoms with Crippen LogP contribution in [0.25, 0.3) is 0 Å². The van der Waals surface area contributed by atoms with Gasteiger partial charge in [0.2, 0.25) is 5.95 Å². The Labute approximate surface area is 206 Å². The molecule has 2 aromatic rings. The summed E-state index contributed by atoms with van der Waals surface area (Å²) in [7, 11) is 0. The predicted octanol–water partition coefficient (Wildman–Crippen LogP) is 3.00. The lowest BCUT2D eigenvalue weighted by Crippen LogP contribution is -2.60. The number of carbonyl (C=O) groups is 2. The van der Waals surface area contributed by atoms with Gasteiger partial charge in [0.25, 0.3) is 12.9 Å². The van der Waals surface area contributed by atoms with Crippen molar-refractivity contribution in [2.45, 2.75) is 57.0 Å². The average molecular weight is 482 g/mol. The van der Waals surface area contributed by atoms with Crippen LogP contribution in [0.3, 0.4) is 0 Å². The lowest BCUT2D eigenvalue weighted by atomic mass is 9.74. The third-order valence-electron chi connectivity index (χ3n) is 7.80. The molecular weight excluding hydrogens is 446 g/mol. The number of aryl methyl sites for hydroxylation is 1. The van der Waals surface area contributed by atoms with Crippen LogP contribution < -0.4 is 10.6 Å². The fourth-order valence-corrected chi connectivity index (χ4v) is 6.71. The third kappa shape index (κ3) is 5.40. The minimum atomic E-state index is -0.250. The van der Waals surface area contributed by atoms with Crippen LogP contribution in [0.5, 0.6) is 0 Å². The van der Waals surface area contributed by atoms with Crippen LogP contribution >= 0.6 is 0 Å². The first-order chi connectivity index (χ1) is 17.1. The van der Waals surface area contributed by atoms with E-state index in [1.807, 2.05) is 0 Å². The molecule has 0 saturated carbocycles. The molecule has 188 valence electrons. The highest BCUT2D eigenvalue weighted by Gasteiger charge is 2.45. The summed E-state index contributed by atoms with van der Waals surface area (Å²) in [6.45, 7) is 2.96. The summed E-state index contributed by atoms with van der Waals surface area (Å²) in [5.41, 5.74) is 10.2. The minimum Gasteiger partial charge on any atom is -0.483 e. The summed E-state index contributed by atoms with van der Waals surface area (Å²) < 4.78 is 0. The first kappa shape index (κ1) is 24.9. The summed E-state index contributed by atoms with van der Waals surface area (Å²) in [6.07, 6.45) is 8.74. The number of fused-ring (bicyclic) bond motifs is 5. The number of anilines is 2. The van der Waals surface area contributed by atoms with Crippen molar-refractivity contribution in [1.82, 2.24) is 14.9 Å². The Morgan fingerprint density at radius 2 is 1.69 bits per heavy atom. The van der Waals surface area contributed by atoms with Gasteiger partial charge >= 0.3 is 0 Å². The molecule has 3 fully saturated rings. The second kappa shape index (κ2) is 11.5. The largest absolute Gasteiger partial charge is 0.483 e. The van der Waals surface area contributed by atoms with Gasteiger partial charge in [0.1, 0.15) is 5.82 Å². The van der Waals surface area contributed by atoms with Gasteiger partial charge in [-0.05, 0) is 62.3 Å². The van der Waals surface area contributed by atoms with Gasteiger partial charge < -0.3 is 20.8 Å². The highest BCUT2D eigenvalue weighted by atomic mass is 16.3. The summed E-state index contributed by atoms with van der Waals surface area (Å²) in [5, 5.41) is 13.8. The van der Waals surface area contributed by atoms with E-state index in [1.165, 1.54) is 55.5 Å². The molecule has 9 heteroatoms. The minimum absolute atomic E-state index is 0.250. The molecule has 1 aliphatic carbocycles. The number of rotatable bonds is 2. The fraction of sp³-hybridized carbons (Fsp3) is 0.538. The smallest absolute Gasteiger partial charge is 0.290 e. The Hall–Kier alpha value is -3.20. The fourth-order valence-electron chi connectivity index (χ4n) is 6.71. The maximum absolute atomic E-state index is 8.36. The van der Waals surface area contributed by atoms with Crippen LogP contribution in [0.15, 0.2) is 30.3 Å². The van der Waals surface area contributed by atoms with Crippen LogP contribution in [0.1, 0.15) is 55.0 Å². The molecule has 0 unspecified atom stereocenters. The number of piperidine rings is 3. The van der Waals surface area contributed by atoms with Gasteiger partial charge in [-0.3, -0.25) is 14.5 Å². The maximum atomic E-state index is 8.36. The van der Waals surface area contributed by atoms with E-state index in [0.29, 0.717) is 18.0 Å². The predicted molar refractivity (Wildman–Crippen MR) is 133 cm³/mol. The van der Waals surface area contributed by atoms with E-state index >= 15 is 0 Å². The molecule has 0 spiro atoms. The average Bonchev–Trinajstić information content (AvgIpc) is 3.33. The molecule has 1 aromatic carbocycles. The van der Waals surface area contributed by atoms with Crippen molar-refractivity contribution in [3.8, 4) is 0 Å². The molecule has 9 nitrogen and oxygen atoms in total. The van der Waals surface area contributed by atoms with E-state index in [9.17, 15) is 0 Å². The Kier molecular flexibility index (Phi) is 8.17. The molecule has 6 rings (SSSR count). The van der Waals surface area contributed by atoms with Crippen molar-refractivity contribution in [2.24, 2.45) is 11.8 Å². The van der Waals surface area contributed by atoms with E-state index in [2.05, 4.69) is 45.1 Å². The third-order valence-corrected chi connectivity index (χ3v) is 7.80. The molecule has 0 radical (unpaired) electrons. The molecule has 0 amide bonds. The molecule has 3 aliphatic heterocycles. The number of carboxylic acid groups (broad SMARTS) is 2. The summed E-state index contributed by atoms with van der Waals surface area (Å²) in [4.78, 5) is 31.4. The van der Waals surface area contributed by atoms with Crippen molar-refractivity contribution in [3.63, 3.8) is 0 Å². The van der Waals surface area contributed by atoms with Gasteiger partial charge in [0.15, 0.2) is 0 Å². The SMILES string of the molecule is Nc1nc2c(c(N3C[C@@H]4C[C@H](C3)[C@@H]3CCC[C@H](c5ccccc5)N3C4)n1)CCC2.O=CO.O=CO. The Balaban J connectivity index is 0.000000440. The van der Waals surface area contributed by atoms with Gasteiger partial charge in [-0.15, -0.1) is 0 Å². The molecule has 4 aliphatic rings. The Morgan fingerprint density at radius 3 is 2.43 bits per heavy atom. The van der Waals surface area contributed by atoms with Crippen LogP contribution in [-0.2, 0) is 22.4 Å². The van der Waals surface area contributed by atoms with Crippen LogP contribution in [-0.4, -0.2) is 63.7 Å². The molecule has 2 bridgehead atoms. The summed E-state index contributed by atoms with van der Waals surface area (Å²) in [6, 6.07) is 12.5. The first-order valence-electron chi connectivity index (χ1n) is 12.5. The number of nitrogens with two attached hydrogens (primary N) is 1. The van der Waals surface area contributed by atoms with E-state index < -0.39 is 0 Å². The number of benzene rings is 1. The quantitative estimate of drug-likeness (QED) is 0.554. The lowest BCUT2D eigenvalue weighted by molar-refractivity contribution is -0.123. The molecule has 4 atom stereocenters. The molecule has 4 heterocycles. The maximum Gasteiger partial charge on any atom is 0.290 e. The van der Waals surface area contributed by atoms with Crippen LogP contribution in [0, 0.1) is 11.8 Å². The number of hydrogen-bond acceptors (Lipinski definition) is 7. The highest BCUT2D eigenvalue weighted by molar-refractivity contribution is 5.54. The van der Waals surface area contributed by atoms with Crippen molar-refractivity contribution in [2.75, 3.05) is 30.3 Å². The first-order valence-corrected chi connectivity index (χ1v) is 12.5. The number of nitrogen functional groups attached to an aromatic ring is 1. The summed E-state index contributed by atoms with van der Waals surface area (Å²) >= 11 is 0. The standard InChI is InChI=1S/C24H31N5.2CH2O2/c25-24-26-20-9-4-8-19(20)23(27-24)28-13-16-12-18(15-28)22-11-5-10-21(29(22)14-16)17-6-2-1-3-7-17;2*2-1-3/h1-3,6-7,16,18,21-22H,4-5,8-15H2,(H2,25,26,27);2*1H,(H,2,3)/t16-,18+,21+,22-;;/m0../s1. The second-order valence-electron chi connectivity index (χ2n) is 9.78. The second-order valence-corrected chi connectivity index (χ2v) is 9.78. The number of aromatic nitrogens is 2. The molecule has 4 N–H and O–H groups in total. The van der Waals surface area contributed by atoms with Gasteiger partial charge in [0.05, 0.1) is 5.69 Å². The molecule has 1 aromatic heterocycles. The highest BCUT2D eigenvalue weighted by Crippen LogP contribution is 2.45. The van der Waals surface area contributed by atoms with Gasteiger partial charge in [-0.25, -0.2) is 4.98 Å². The Morgan fingerprint density at radius 1 is 0.943 bits per heavy atom. The van der Waals surface area contributed by atoms with E-state index in [1.54, 1.807) is 0 Å². The van der Waals surface area contributed by atoms with Crippen molar-refractivity contribution in [3.05, 3.63) is 47.2 Å². The molecule has 35 heavy (non-hydrogen) atoms. The van der Waals surface area contributed by atoms with E-state index in [0.717, 1.165) is 43.6 Å². The van der Waals surface area contributed by atoms with E-state index in [-0.39, 0.29) is 12.9 Å². The lowest BCUT2D eigenvalue weighted by Gasteiger charge is -2.55. The van der Waals surface area contributed by atoms with Crippen molar-refractivity contribution >= 4 is 24.7 Å². The number of nitrogens with zero attached hydrogens (tertiary/aromatic N) is 4. The Bertz CT molecular complexity index is 999. The number of hydrogen-bond donors (Lipinski definition) is 3. The van der Waals surface area contributed by atoms with Gasteiger partial charge in [0, 0.05) is 37.3 Å². The topological polar surface area (TPSA) is 133 Å². The monoisotopic (exact) mass is 481 g/mol. The van der Waals surface area contributed by atoms with Crippen LogP contribution in [0.2, 0.25) is 0 Å². The zero-order chi connectivity index (χ0) is 24.8. The molecular formula is C26H35N5O4. The van der Waals surface area contributed by atoms with Crippen molar-refractivity contribution in [1.29, 1.82) is 0 Å². The zero-order valence-electron chi connectivity index (χ0n) is 20.0. The zero-order valence-corrected chi connectivity index (χ0v) is 20.0. The molecule has 3 saturated heterocycles. The van der Waals surface area contributed by atoms with Gasteiger partial charge in [-0.1, -0.05) is 30.3 Å². The van der Waals surface area contributed by atoms with Gasteiger partial charge in [-0.2, -0.15) is 4.98 Å². The van der Waals surface area contributed by atoms with Crippen LogP contribution in [0.4, 0.5) is 11.8 Å². The van der Waals surface area contributed by atoms with Crippen molar-refractivity contribution < 1.29 is 19.8 Å². The normalized spacial score (nSPS) is 26.7.